The summed E-state index contributed by atoms with van der Waals surface area (Å²) in [5.74, 6) is 1.82. The molecule has 1 heterocycles. The van der Waals surface area contributed by atoms with Crippen molar-refractivity contribution in [3.63, 3.8) is 0 Å². The van der Waals surface area contributed by atoms with Crippen LogP contribution in [0.4, 0.5) is 0 Å². The van der Waals surface area contributed by atoms with Crippen molar-refractivity contribution in [2.45, 2.75) is 25.6 Å². The van der Waals surface area contributed by atoms with Gasteiger partial charge < -0.3 is 14.6 Å². The second-order valence-electron chi connectivity index (χ2n) is 3.61. The fraction of sp³-hybridized carbons (Fsp3) is 0.455. The minimum Gasteiger partial charge on any atom is -0.497 e. The van der Waals surface area contributed by atoms with Crippen LogP contribution in [0.15, 0.2) is 18.2 Å². The van der Waals surface area contributed by atoms with Gasteiger partial charge in [0.15, 0.2) is 6.29 Å². The molecule has 2 unspecified atom stereocenters. The molecule has 0 aromatic heterocycles. The highest BCUT2D eigenvalue weighted by atomic mass is 16.6. The van der Waals surface area contributed by atoms with Gasteiger partial charge in [-0.3, -0.25) is 0 Å². The van der Waals surface area contributed by atoms with Gasteiger partial charge in [0.25, 0.3) is 0 Å². The molecule has 1 N–H and O–H groups in total. The standard InChI is InChI=1S/C11H14O3/c1-7-5-11(12)14-10-6-8(13-2)3-4-9(7)10/h3-4,6-7,11-12H,5H2,1-2H3. The number of hydrogen-bond acceptors (Lipinski definition) is 3. The molecule has 0 aliphatic carbocycles. The maximum atomic E-state index is 9.43. The molecule has 1 aliphatic rings. The number of ether oxygens (including phenoxy) is 2. The summed E-state index contributed by atoms with van der Waals surface area (Å²) in [5, 5.41) is 9.43. The molecule has 76 valence electrons. The first-order valence-electron chi connectivity index (χ1n) is 4.73. The Hall–Kier alpha value is -1.22. The van der Waals surface area contributed by atoms with Crippen LogP contribution in [0.3, 0.4) is 0 Å². The van der Waals surface area contributed by atoms with Crippen molar-refractivity contribution in [1.29, 1.82) is 0 Å². The predicted molar refractivity (Wildman–Crippen MR) is 52.7 cm³/mol. The molecule has 1 aliphatic heterocycles. The van der Waals surface area contributed by atoms with Gasteiger partial charge in [-0.1, -0.05) is 13.0 Å². The molecule has 0 saturated carbocycles. The zero-order chi connectivity index (χ0) is 10.1. The Labute approximate surface area is 83.3 Å². The molecule has 14 heavy (non-hydrogen) atoms. The summed E-state index contributed by atoms with van der Waals surface area (Å²) < 4.78 is 10.4. The fourth-order valence-corrected chi connectivity index (χ4v) is 1.77. The summed E-state index contributed by atoms with van der Waals surface area (Å²) in [7, 11) is 1.62. The van der Waals surface area contributed by atoms with E-state index in [-0.39, 0.29) is 0 Å². The van der Waals surface area contributed by atoms with Crippen LogP contribution in [0.2, 0.25) is 0 Å². The molecular formula is C11H14O3. The average molecular weight is 194 g/mol. The number of aliphatic hydroxyl groups excluding tert-OH is 1. The van der Waals surface area contributed by atoms with E-state index in [2.05, 4.69) is 6.92 Å². The van der Waals surface area contributed by atoms with Crippen LogP contribution in [0, 0.1) is 0 Å². The Morgan fingerprint density at radius 3 is 3.00 bits per heavy atom. The lowest BCUT2D eigenvalue weighted by Crippen LogP contribution is -2.23. The molecule has 0 radical (unpaired) electrons. The predicted octanol–water partition coefficient (Wildman–Crippen LogP) is 1.90. The molecule has 0 bridgehead atoms. The molecule has 0 spiro atoms. The molecular weight excluding hydrogens is 180 g/mol. The molecule has 3 heteroatoms. The minimum atomic E-state index is -0.690. The summed E-state index contributed by atoms with van der Waals surface area (Å²) in [6.07, 6.45) is -0.0381. The normalized spacial score (nSPS) is 25.1. The van der Waals surface area contributed by atoms with Gasteiger partial charge in [-0.25, -0.2) is 0 Å². The first-order chi connectivity index (χ1) is 6.70. The minimum absolute atomic E-state index is 0.333. The van der Waals surface area contributed by atoms with Crippen LogP contribution >= 0.6 is 0 Å². The maximum Gasteiger partial charge on any atom is 0.197 e. The lowest BCUT2D eigenvalue weighted by molar-refractivity contribution is -0.0376. The fourth-order valence-electron chi connectivity index (χ4n) is 1.77. The quantitative estimate of drug-likeness (QED) is 0.742. The monoisotopic (exact) mass is 194 g/mol. The molecule has 2 rings (SSSR count). The van der Waals surface area contributed by atoms with Crippen molar-refractivity contribution in [3.8, 4) is 11.5 Å². The Morgan fingerprint density at radius 1 is 1.50 bits per heavy atom. The van der Waals surface area contributed by atoms with E-state index in [9.17, 15) is 5.11 Å². The lowest BCUT2D eigenvalue weighted by atomic mass is 9.94. The molecule has 0 saturated heterocycles. The molecule has 0 fully saturated rings. The highest BCUT2D eigenvalue weighted by Gasteiger charge is 2.23. The molecule has 0 amide bonds. The van der Waals surface area contributed by atoms with Crippen molar-refractivity contribution < 1.29 is 14.6 Å². The van der Waals surface area contributed by atoms with Gasteiger partial charge in [0.05, 0.1) is 7.11 Å². The third-order valence-corrected chi connectivity index (χ3v) is 2.57. The highest BCUT2D eigenvalue weighted by Crippen LogP contribution is 2.37. The van der Waals surface area contributed by atoms with E-state index < -0.39 is 6.29 Å². The summed E-state index contributed by atoms with van der Waals surface area (Å²) >= 11 is 0. The Kier molecular flexibility index (Phi) is 2.33. The number of benzene rings is 1. The van der Waals surface area contributed by atoms with E-state index in [0.717, 1.165) is 17.1 Å². The maximum absolute atomic E-state index is 9.43. The highest BCUT2D eigenvalue weighted by molar-refractivity contribution is 5.43. The first kappa shape index (κ1) is 9.34. The smallest absolute Gasteiger partial charge is 0.197 e. The number of hydrogen-bond donors (Lipinski definition) is 1. The summed E-state index contributed by atoms with van der Waals surface area (Å²) in [4.78, 5) is 0. The number of methoxy groups -OCH3 is 1. The molecule has 3 nitrogen and oxygen atoms in total. The Balaban J connectivity index is 2.39. The van der Waals surface area contributed by atoms with Gasteiger partial charge in [-0.2, -0.15) is 0 Å². The van der Waals surface area contributed by atoms with Crippen molar-refractivity contribution >= 4 is 0 Å². The average Bonchev–Trinajstić information content (AvgIpc) is 2.16. The number of rotatable bonds is 1. The summed E-state index contributed by atoms with van der Waals surface area (Å²) in [5.41, 5.74) is 1.14. The van der Waals surface area contributed by atoms with Crippen LogP contribution < -0.4 is 9.47 Å². The van der Waals surface area contributed by atoms with Crippen LogP contribution in [0.5, 0.6) is 11.5 Å². The third-order valence-electron chi connectivity index (χ3n) is 2.57. The van der Waals surface area contributed by atoms with Gasteiger partial charge in [0, 0.05) is 12.5 Å². The van der Waals surface area contributed by atoms with Crippen LogP contribution in [-0.2, 0) is 0 Å². The lowest BCUT2D eigenvalue weighted by Gasteiger charge is -2.27. The van der Waals surface area contributed by atoms with Crippen molar-refractivity contribution in [2.75, 3.05) is 7.11 Å². The summed E-state index contributed by atoms with van der Waals surface area (Å²) in [6, 6.07) is 5.72. The van der Waals surface area contributed by atoms with Gasteiger partial charge in [0.1, 0.15) is 11.5 Å². The molecule has 2 atom stereocenters. The third kappa shape index (κ3) is 1.55. The van der Waals surface area contributed by atoms with E-state index in [0.29, 0.717) is 12.3 Å². The van der Waals surface area contributed by atoms with Gasteiger partial charge in [0.2, 0.25) is 0 Å². The Morgan fingerprint density at radius 2 is 2.29 bits per heavy atom. The van der Waals surface area contributed by atoms with E-state index >= 15 is 0 Å². The van der Waals surface area contributed by atoms with Crippen LogP contribution in [0.25, 0.3) is 0 Å². The number of fused-ring (bicyclic) bond motifs is 1. The summed E-state index contributed by atoms with van der Waals surface area (Å²) in [6.45, 7) is 2.08. The topological polar surface area (TPSA) is 38.7 Å². The zero-order valence-corrected chi connectivity index (χ0v) is 8.36. The van der Waals surface area contributed by atoms with Crippen molar-refractivity contribution in [3.05, 3.63) is 23.8 Å². The van der Waals surface area contributed by atoms with Gasteiger partial charge in [-0.05, 0) is 17.5 Å². The van der Waals surface area contributed by atoms with E-state index in [1.54, 1.807) is 7.11 Å². The van der Waals surface area contributed by atoms with E-state index in [4.69, 9.17) is 9.47 Å². The van der Waals surface area contributed by atoms with Crippen LogP contribution in [0.1, 0.15) is 24.8 Å². The number of aliphatic hydroxyl groups is 1. The van der Waals surface area contributed by atoms with E-state index in [1.165, 1.54) is 0 Å². The second-order valence-corrected chi connectivity index (χ2v) is 3.61. The van der Waals surface area contributed by atoms with Crippen molar-refractivity contribution in [1.82, 2.24) is 0 Å². The zero-order valence-electron chi connectivity index (χ0n) is 8.36. The second kappa shape index (κ2) is 3.50. The van der Waals surface area contributed by atoms with E-state index in [1.807, 2.05) is 18.2 Å². The Bertz CT molecular complexity index is 335. The van der Waals surface area contributed by atoms with Gasteiger partial charge >= 0.3 is 0 Å². The SMILES string of the molecule is COc1ccc2c(c1)OC(O)CC2C. The largest absolute Gasteiger partial charge is 0.497 e. The van der Waals surface area contributed by atoms with Crippen LogP contribution in [-0.4, -0.2) is 18.5 Å². The molecule has 1 aromatic carbocycles. The van der Waals surface area contributed by atoms with Gasteiger partial charge in [-0.15, -0.1) is 0 Å². The first-order valence-corrected chi connectivity index (χ1v) is 4.73. The molecule has 1 aromatic rings. The van der Waals surface area contributed by atoms with Crippen molar-refractivity contribution in [2.24, 2.45) is 0 Å².